The highest BCUT2D eigenvalue weighted by Gasteiger charge is 2.34. The van der Waals surface area contributed by atoms with Crippen LogP contribution in [0.5, 0.6) is 0 Å². The predicted octanol–water partition coefficient (Wildman–Crippen LogP) is 2.07. The zero-order valence-electron chi connectivity index (χ0n) is 7.22. The Morgan fingerprint density at radius 3 is 2.60 bits per heavy atom. The number of anilines is 1. The SMILES string of the molecule is Nc1ncc2c(C(F)(F)F)cc(F)cn12. The summed E-state index contributed by atoms with van der Waals surface area (Å²) >= 11 is 0. The Hall–Kier alpha value is -1.79. The van der Waals surface area contributed by atoms with Crippen molar-refractivity contribution in [3.8, 4) is 0 Å². The Morgan fingerprint density at radius 2 is 2.00 bits per heavy atom. The van der Waals surface area contributed by atoms with E-state index >= 15 is 0 Å². The monoisotopic (exact) mass is 219 g/mol. The number of imidazole rings is 1. The maximum Gasteiger partial charge on any atom is 0.418 e. The van der Waals surface area contributed by atoms with E-state index in [1.54, 1.807) is 0 Å². The van der Waals surface area contributed by atoms with Crippen LogP contribution in [0.2, 0.25) is 0 Å². The number of nitrogens with two attached hydrogens (primary N) is 1. The van der Waals surface area contributed by atoms with E-state index < -0.39 is 17.6 Å². The molecule has 0 spiro atoms. The molecular formula is C8H5F4N3. The van der Waals surface area contributed by atoms with Gasteiger partial charge in [0.2, 0.25) is 5.95 Å². The van der Waals surface area contributed by atoms with Gasteiger partial charge >= 0.3 is 6.18 Å². The van der Waals surface area contributed by atoms with E-state index in [1.807, 2.05) is 0 Å². The highest BCUT2D eigenvalue weighted by molar-refractivity contribution is 5.58. The molecule has 2 heterocycles. The van der Waals surface area contributed by atoms with Crippen molar-refractivity contribution in [2.45, 2.75) is 6.18 Å². The van der Waals surface area contributed by atoms with Crippen molar-refractivity contribution >= 4 is 11.5 Å². The zero-order valence-corrected chi connectivity index (χ0v) is 7.22. The number of alkyl halides is 3. The van der Waals surface area contributed by atoms with Crippen molar-refractivity contribution in [1.29, 1.82) is 0 Å². The minimum absolute atomic E-state index is 0.185. The van der Waals surface area contributed by atoms with Crippen molar-refractivity contribution in [2.75, 3.05) is 5.73 Å². The summed E-state index contributed by atoms with van der Waals surface area (Å²) in [7, 11) is 0. The minimum atomic E-state index is -4.63. The van der Waals surface area contributed by atoms with E-state index in [2.05, 4.69) is 4.98 Å². The standard InChI is InChI=1S/C8H5F4N3/c9-4-1-5(8(10,11)12)6-2-14-7(13)15(6)3-4/h1-3H,(H2,13,14). The van der Waals surface area contributed by atoms with Crippen LogP contribution in [-0.2, 0) is 6.18 Å². The van der Waals surface area contributed by atoms with Gasteiger partial charge in [0.25, 0.3) is 0 Å². The van der Waals surface area contributed by atoms with Crippen molar-refractivity contribution < 1.29 is 17.6 Å². The fraction of sp³-hybridized carbons (Fsp3) is 0.125. The lowest BCUT2D eigenvalue weighted by molar-refractivity contribution is -0.136. The highest BCUT2D eigenvalue weighted by Crippen LogP contribution is 2.33. The third-order valence-corrected chi connectivity index (χ3v) is 1.94. The first-order valence-corrected chi connectivity index (χ1v) is 3.89. The summed E-state index contributed by atoms with van der Waals surface area (Å²) in [6, 6.07) is 0.413. The molecule has 0 aromatic carbocycles. The molecule has 0 radical (unpaired) electrons. The first-order chi connectivity index (χ1) is 6.89. The second-order valence-corrected chi connectivity index (χ2v) is 2.94. The zero-order chi connectivity index (χ0) is 11.2. The molecule has 0 bridgehead atoms. The van der Waals surface area contributed by atoms with Gasteiger partial charge in [-0.25, -0.2) is 9.37 Å². The smallest absolute Gasteiger partial charge is 0.369 e. The Kier molecular flexibility index (Phi) is 1.85. The summed E-state index contributed by atoms with van der Waals surface area (Å²) in [6.07, 6.45) is -2.82. The molecular weight excluding hydrogens is 214 g/mol. The van der Waals surface area contributed by atoms with Crippen molar-refractivity contribution in [3.63, 3.8) is 0 Å². The van der Waals surface area contributed by atoms with Crippen LogP contribution in [-0.4, -0.2) is 9.38 Å². The van der Waals surface area contributed by atoms with Gasteiger partial charge in [-0.1, -0.05) is 0 Å². The van der Waals surface area contributed by atoms with Gasteiger partial charge in [0.1, 0.15) is 5.82 Å². The number of hydrogen-bond acceptors (Lipinski definition) is 2. The molecule has 2 N–H and O–H groups in total. The van der Waals surface area contributed by atoms with Gasteiger partial charge in [0, 0.05) is 6.20 Å². The Bertz CT molecular complexity index is 514. The maximum absolute atomic E-state index is 12.9. The molecule has 2 rings (SSSR count). The molecule has 15 heavy (non-hydrogen) atoms. The number of nitrogen functional groups attached to an aromatic ring is 1. The van der Waals surface area contributed by atoms with Crippen molar-refractivity contribution in [1.82, 2.24) is 9.38 Å². The molecule has 0 unspecified atom stereocenters. The summed E-state index contributed by atoms with van der Waals surface area (Å²) in [5.74, 6) is -1.20. The quantitative estimate of drug-likeness (QED) is 0.689. The maximum atomic E-state index is 12.9. The van der Waals surface area contributed by atoms with Crippen molar-refractivity contribution in [2.24, 2.45) is 0 Å². The molecule has 2 aromatic rings. The van der Waals surface area contributed by atoms with E-state index in [4.69, 9.17) is 5.73 Å². The first kappa shape index (κ1) is 9.75. The fourth-order valence-corrected chi connectivity index (χ4v) is 1.31. The molecule has 0 atom stereocenters. The van der Waals surface area contributed by atoms with Crippen LogP contribution in [0.4, 0.5) is 23.5 Å². The van der Waals surface area contributed by atoms with Gasteiger partial charge in [-0.2, -0.15) is 13.2 Å². The predicted molar refractivity (Wildman–Crippen MR) is 44.6 cm³/mol. The lowest BCUT2D eigenvalue weighted by atomic mass is 10.2. The largest absolute Gasteiger partial charge is 0.418 e. The lowest BCUT2D eigenvalue weighted by Crippen LogP contribution is -2.08. The molecule has 0 aliphatic rings. The lowest BCUT2D eigenvalue weighted by Gasteiger charge is -2.08. The van der Waals surface area contributed by atoms with Crippen molar-refractivity contribution in [3.05, 3.63) is 29.8 Å². The van der Waals surface area contributed by atoms with Crippen LogP contribution in [0.1, 0.15) is 5.56 Å². The number of aromatic nitrogens is 2. The number of halogens is 4. The third-order valence-electron chi connectivity index (χ3n) is 1.94. The Labute approximate surface area is 81.1 Å². The van der Waals surface area contributed by atoms with Crippen LogP contribution in [0.3, 0.4) is 0 Å². The van der Waals surface area contributed by atoms with Gasteiger partial charge in [-0.15, -0.1) is 0 Å². The number of hydrogen-bond donors (Lipinski definition) is 1. The van der Waals surface area contributed by atoms with E-state index in [9.17, 15) is 17.6 Å². The molecule has 2 aromatic heterocycles. The summed E-state index contributed by atoms with van der Waals surface area (Å²) in [5, 5.41) is 0. The average molecular weight is 219 g/mol. The fourth-order valence-electron chi connectivity index (χ4n) is 1.31. The molecule has 80 valence electrons. The summed E-state index contributed by atoms with van der Waals surface area (Å²) in [5.41, 5.74) is 3.92. The normalized spacial score (nSPS) is 12.3. The first-order valence-electron chi connectivity index (χ1n) is 3.89. The molecule has 0 aliphatic heterocycles. The van der Waals surface area contributed by atoms with Crippen LogP contribution >= 0.6 is 0 Å². The molecule has 0 amide bonds. The second kappa shape index (κ2) is 2.85. The van der Waals surface area contributed by atoms with Gasteiger partial charge in [0.15, 0.2) is 0 Å². The number of rotatable bonds is 0. The van der Waals surface area contributed by atoms with Crippen LogP contribution in [0.25, 0.3) is 5.52 Å². The van der Waals surface area contributed by atoms with Gasteiger partial charge in [-0.05, 0) is 6.07 Å². The topological polar surface area (TPSA) is 43.3 Å². The minimum Gasteiger partial charge on any atom is -0.369 e. The number of pyridine rings is 1. The Morgan fingerprint density at radius 1 is 1.33 bits per heavy atom. The molecule has 7 heteroatoms. The van der Waals surface area contributed by atoms with Gasteiger partial charge in [0.05, 0.1) is 17.3 Å². The molecule has 0 saturated heterocycles. The third kappa shape index (κ3) is 1.49. The van der Waals surface area contributed by atoms with Gasteiger partial charge in [-0.3, -0.25) is 4.40 Å². The van der Waals surface area contributed by atoms with Crippen LogP contribution in [0, 0.1) is 5.82 Å². The molecule has 0 saturated carbocycles. The highest BCUT2D eigenvalue weighted by atomic mass is 19.4. The number of fused-ring (bicyclic) bond motifs is 1. The van der Waals surface area contributed by atoms with E-state index in [0.717, 1.165) is 16.8 Å². The summed E-state index contributed by atoms with van der Waals surface area (Å²) in [6.45, 7) is 0. The second-order valence-electron chi connectivity index (χ2n) is 2.94. The van der Waals surface area contributed by atoms with Crippen LogP contribution < -0.4 is 5.73 Å². The molecule has 0 aliphatic carbocycles. The van der Waals surface area contributed by atoms with Crippen LogP contribution in [0.15, 0.2) is 18.5 Å². The average Bonchev–Trinajstić information content (AvgIpc) is 2.45. The van der Waals surface area contributed by atoms with E-state index in [0.29, 0.717) is 6.07 Å². The summed E-state index contributed by atoms with van der Waals surface area (Å²) in [4.78, 5) is 3.49. The van der Waals surface area contributed by atoms with E-state index in [1.165, 1.54) is 0 Å². The number of nitrogens with zero attached hydrogens (tertiary/aromatic N) is 2. The van der Waals surface area contributed by atoms with Gasteiger partial charge < -0.3 is 5.73 Å². The Balaban J connectivity index is 2.84. The molecule has 3 nitrogen and oxygen atoms in total. The summed E-state index contributed by atoms with van der Waals surface area (Å²) < 4.78 is 51.1. The molecule has 0 fully saturated rings. The van der Waals surface area contributed by atoms with E-state index in [-0.39, 0.29) is 11.5 Å².